The zero-order chi connectivity index (χ0) is 28.2. The second-order valence-corrected chi connectivity index (χ2v) is 8.73. The number of rotatable bonds is 8. The van der Waals surface area contributed by atoms with Crippen LogP contribution < -0.4 is 11.1 Å². The Morgan fingerprint density at radius 1 is 1.11 bits per heavy atom. The number of aliphatic imine (C=N–C) groups is 1. The van der Waals surface area contributed by atoms with E-state index >= 15 is 0 Å². The minimum Gasteiger partial charge on any atom is -0.404 e. The van der Waals surface area contributed by atoms with E-state index in [1.807, 2.05) is 0 Å². The molecule has 3 N–H and O–H groups in total. The fraction of sp³-hybridized carbons (Fsp3) is 0.304. The van der Waals surface area contributed by atoms with E-state index < -0.39 is 34.4 Å². The van der Waals surface area contributed by atoms with Crippen molar-refractivity contribution in [1.29, 1.82) is 0 Å². The van der Waals surface area contributed by atoms with Crippen LogP contribution in [0.5, 0.6) is 0 Å². The van der Waals surface area contributed by atoms with Crippen LogP contribution in [0.1, 0.15) is 30.0 Å². The summed E-state index contributed by atoms with van der Waals surface area (Å²) in [4.78, 5) is 15.2. The predicted molar refractivity (Wildman–Crippen MR) is 127 cm³/mol. The average molecular weight is 574 g/mol. The molecule has 2 rings (SSSR count). The third-order valence-corrected chi connectivity index (χ3v) is 6.15. The molecule has 0 aliphatic carbocycles. The Balaban J connectivity index is 2.50. The highest BCUT2D eigenvalue weighted by molar-refractivity contribution is 7.98. The van der Waals surface area contributed by atoms with Crippen molar-refractivity contribution in [2.24, 2.45) is 10.7 Å². The van der Waals surface area contributed by atoms with Crippen LogP contribution in [-0.4, -0.2) is 30.7 Å². The number of halogens is 9. The van der Waals surface area contributed by atoms with Gasteiger partial charge in [-0.25, -0.2) is 8.78 Å². The fourth-order valence-electron chi connectivity index (χ4n) is 3.10. The monoisotopic (exact) mass is 573 g/mol. The van der Waals surface area contributed by atoms with Gasteiger partial charge in [0.15, 0.2) is 0 Å². The summed E-state index contributed by atoms with van der Waals surface area (Å²) in [5, 5.41) is 1.84. The maximum Gasteiger partial charge on any atom is 0.435 e. The molecule has 0 bridgehead atoms. The highest BCUT2D eigenvalue weighted by atomic mass is 35.5. The summed E-state index contributed by atoms with van der Waals surface area (Å²) >= 11 is 6.65. The smallest absolute Gasteiger partial charge is 0.404 e. The van der Waals surface area contributed by atoms with Crippen molar-refractivity contribution >= 4 is 46.7 Å². The molecule has 1 amide bonds. The average Bonchev–Trinajstić information content (AvgIpc) is 2.82. The minimum absolute atomic E-state index is 0.116. The number of alkyl halides is 7. The Morgan fingerprint density at radius 2 is 1.73 bits per heavy atom. The molecule has 0 fully saturated rings. The van der Waals surface area contributed by atoms with Crippen molar-refractivity contribution in [3.63, 3.8) is 0 Å². The molecule has 0 spiro atoms. The summed E-state index contributed by atoms with van der Waals surface area (Å²) < 4.78 is 108. The quantitative estimate of drug-likeness (QED) is 0.199. The van der Waals surface area contributed by atoms with E-state index in [1.165, 1.54) is 18.4 Å². The number of hydrogen-bond donors (Lipinski definition) is 2. The molecule has 2 aromatic rings. The maximum atomic E-state index is 14.5. The number of carbonyl (C=O) groups excluding carboxylic acids is 1. The van der Waals surface area contributed by atoms with Crippen molar-refractivity contribution in [3.05, 3.63) is 64.1 Å². The molecular weight excluding hydrogens is 554 g/mol. The van der Waals surface area contributed by atoms with E-state index in [1.54, 1.807) is 6.92 Å². The molecule has 202 valence electrons. The number of nitrogens with two attached hydrogens (primary N) is 1. The molecular formula is C23H20ClF8N3OS. The molecule has 37 heavy (non-hydrogen) atoms. The van der Waals surface area contributed by atoms with Gasteiger partial charge in [0.1, 0.15) is 5.82 Å². The Kier molecular flexibility index (Phi) is 9.64. The minimum atomic E-state index is -6.30. The van der Waals surface area contributed by atoms with Crippen LogP contribution >= 0.6 is 23.4 Å². The van der Waals surface area contributed by atoms with E-state index in [0.29, 0.717) is 23.4 Å². The first-order valence-corrected chi connectivity index (χ1v) is 11.9. The van der Waals surface area contributed by atoms with Crippen molar-refractivity contribution in [2.75, 3.05) is 6.26 Å². The summed E-state index contributed by atoms with van der Waals surface area (Å²) in [5.41, 5.74) is -1.36. The van der Waals surface area contributed by atoms with E-state index in [0.717, 1.165) is 18.5 Å². The van der Waals surface area contributed by atoms with Gasteiger partial charge in [-0.2, -0.15) is 26.3 Å². The van der Waals surface area contributed by atoms with Crippen LogP contribution in [-0.2, 0) is 17.0 Å². The molecule has 0 saturated heterocycles. The number of thioether (sulfide) groups is 1. The van der Waals surface area contributed by atoms with Gasteiger partial charge < -0.3 is 11.1 Å². The first kappa shape index (κ1) is 30.4. The normalized spacial score (nSPS) is 13.3. The number of nitrogens with zero attached hydrogens (tertiary/aromatic N) is 1. The largest absolute Gasteiger partial charge is 0.435 e. The van der Waals surface area contributed by atoms with Gasteiger partial charge in [-0.05, 0) is 36.1 Å². The highest BCUT2D eigenvalue weighted by Gasteiger charge is 2.73. The number of benzene rings is 2. The lowest BCUT2D eigenvalue weighted by Crippen LogP contribution is -2.50. The van der Waals surface area contributed by atoms with Gasteiger partial charge >= 0.3 is 18.0 Å². The molecule has 0 atom stereocenters. The van der Waals surface area contributed by atoms with Crippen molar-refractivity contribution < 1.29 is 39.9 Å². The first-order valence-electron chi connectivity index (χ1n) is 10.3. The summed E-state index contributed by atoms with van der Waals surface area (Å²) in [6.07, 6.45) is -8.91. The maximum absolute atomic E-state index is 14.5. The zero-order valence-electron chi connectivity index (χ0n) is 19.2. The van der Waals surface area contributed by atoms with Crippen molar-refractivity contribution in [2.45, 2.75) is 42.8 Å². The summed E-state index contributed by atoms with van der Waals surface area (Å²) in [5.74, 6) is -0.919. The van der Waals surface area contributed by atoms with Gasteiger partial charge in [0, 0.05) is 47.0 Å². The Labute approximate surface area is 216 Å². The number of hydrogen-bond acceptors (Lipinski definition) is 4. The van der Waals surface area contributed by atoms with Gasteiger partial charge in [-0.3, -0.25) is 9.79 Å². The van der Waals surface area contributed by atoms with E-state index in [2.05, 4.69) is 10.3 Å². The highest BCUT2D eigenvalue weighted by Crippen LogP contribution is 2.55. The third kappa shape index (κ3) is 6.56. The second-order valence-electron chi connectivity index (χ2n) is 7.48. The molecule has 0 heterocycles. The molecule has 0 aliphatic rings. The molecule has 2 aromatic carbocycles. The summed E-state index contributed by atoms with van der Waals surface area (Å²) in [7, 11) is 0. The van der Waals surface area contributed by atoms with Gasteiger partial charge in [0.25, 0.3) is 0 Å². The number of carbonyl (C=O) groups is 1. The third-order valence-electron chi connectivity index (χ3n) is 5.12. The molecule has 0 unspecified atom stereocenters. The molecule has 4 nitrogen and oxygen atoms in total. The predicted octanol–water partition coefficient (Wildman–Crippen LogP) is 7.22. The summed E-state index contributed by atoms with van der Waals surface area (Å²) in [6, 6.07) is 4.43. The van der Waals surface area contributed by atoms with Crippen molar-refractivity contribution in [3.8, 4) is 0 Å². The number of nitrogens with one attached hydrogen (secondary N) is 1. The summed E-state index contributed by atoms with van der Waals surface area (Å²) in [6.45, 7) is 1.50. The Bertz CT molecular complexity index is 1200. The number of amides is 1. The van der Waals surface area contributed by atoms with Gasteiger partial charge in [-0.1, -0.05) is 24.6 Å². The van der Waals surface area contributed by atoms with E-state index in [9.17, 15) is 39.9 Å². The lowest BCUT2D eigenvalue weighted by Gasteiger charge is -2.30. The van der Waals surface area contributed by atoms with Crippen LogP contribution in [0.15, 0.2) is 46.4 Å². The van der Waals surface area contributed by atoms with Crippen LogP contribution in [0.3, 0.4) is 0 Å². The molecule has 0 aromatic heterocycles. The topological polar surface area (TPSA) is 67.5 Å². The van der Waals surface area contributed by atoms with Gasteiger partial charge in [-0.15, -0.1) is 11.8 Å². The first-order chi connectivity index (χ1) is 17.1. The van der Waals surface area contributed by atoms with E-state index in [4.69, 9.17) is 17.3 Å². The Hall–Kier alpha value is -2.80. The van der Waals surface area contributed by atoms with Crippen LogP contribution in [0.2, 0.25) is 5.02 Å². The SMILES string of the molecule is CCC(=O)NCc1cc(C(C=Nc2c(Cl)cc(C(F)(C(F)(F)F)C(F)(F)F)cc2SC)=CN)ccc1F. The fourth-order valence-corrected chi connectivity index (χ4v) is 4.02. The van der Waals surface area contributed by atoms with Crippen LogP contribution in [0, 0.1) is 5.82 Å². The van der Waals surface area contributed by atoms with Gasteiger partial charge in [0.2, 0.25) is 5.91 Å². The zero-order valence-corrected chi connectivity index (χ0v) is 20.8. The van der Waals surface area contributed by atoms with Crippen LogP contribution in [0.4, 0.5) is 40.8 Å². The van der Waals surface area contributed by atoms with Gasteiger partial charge in [0.05, 0.1) is 10.7 Å². The molecule has 0 aliphatic heterocycles. The van der Waals surface area contributed by atoms with E-state index in [-0.39, 0.29) is 46.7 Å². The lowest BCUT2D eigenvalue weighted by molar-refractivity contribution is -0.348. The molecule has 0 radical (unpaired) electrons. The number of allylic oxidation sites excluding steroid dienone is 1. The lowest BCUT2D eigenvalue weighted by atomic mass is 9.94. The standard InChI is InChI=1S/C23H20ClF8N3OS/c1-3-19(36)34-10-13-6-12(4-5-17(13)25)14(9-33)11-35-20-16(24)7-15(8-18(20)37-2)21(26,22(27,28)29)23(30,31)32/h4-9,11H,3,10,33H2,1-2H3,(H,34,36). The Morgan fingerprint density at radius 3 is 2.24 bits per heavy atom. The second kappa shape index (κ2) is 11.7. The molecule has 14 heteroatoms. The van der Waals surface area contributed by atoms with Crippen molar-refractivity contribution in [1.82, 2.24) is 5.32 Å². The van der Waals surface area contributed by atoms with Crippen LogP contribution in [0.25, 0.3) is 5.57 Å². The molecule has 0 saturated carbocycles.